The summed E-state index contributed by atoms with van der Waals surface area (Å²) >= 11 is 0. The fraction of sp³-hybridized carbons (Fsp3) is 0.321. The Kier molecular flexibility index (Phi) is 6.25. The maximum atomic E-state index is 11.4. The van der Waals surface area contributed by atoms with Gasteiger partial charge in [-0.1, -0.05) is 42.3 Å². The highest BCUT2D eigenvalue weighted by Gasteiger charge is 2.46. The van der Waals surface area contributed by atoms with Crippen molar-refractivity contribution >= 4 is 11.7 Å². The Morgan fingerprint density at radius 3 is 2.71 bits per heavy atom. The third kappa shape index (κ3) is 4.51. The average Bonchev–Trinajstić information content (AvgIpc) is 3.15. The van der Waals surface area contributed by atoms with Gasteiger partial charge in [0, 0.05) is 31.1 Å². The van der Waals surface area contributed by atoms with E-state index in [0.29, 0.717) is 29.2 Å². The Labute approximate surface area is 205 Å². The first-order valence-electron chi connectivity index (χ1n) is 11.9. The molecule has 5 rings (SSSR count). The molecule has 1 atom stereocenters. The second kappa shape index (κ2) is 9.49. The minimum atomic E-state index is -0.461. The molecule has 1 unspecified atom stereocenters. The van der Waals surface area contributed by atoms with Gasteiger partial charge in [0.1, 0.15) is 11.4 Å². The smallest absolute Gasteiger partial charge is 0.248 e. The lowest BCUT2D eigenvalue weighted by molar-refractivity contribution is 0.1000. The van der Waals surface area contributed by atoms with Gasteiger partial charge in [0.05, 0.1) is 12.8 Å². The second-order valence-corrected chi connectivity index (χ2v) is 9.43. The quantitative estimate of drug-likeness (QED) is 0.508. The number of aliphatic hydroxyl groups excluding tert-OH is 1. The molecule has 0 saturated carbocycles. The summed E-state index contributed by atoms with van der Waals surface area (Å²) in [7, 11) is 0. The largest absolute Gasteiger partial charge is 0.390 e. The van der Waals surface area contributed by atoms with Gasteiger partial charge in [-0.25, -0.2) is 9.97 Å². The van der Waals surface area contributed by atoms with Gasteiger partial charge >= 0.3 is 0 Å². The van der Waals surface area contributed by atoms with E-state index in [0.717, 1.165) is 37.9 Å². The fourth-order valence-corrected chi connectivity index (χ4v) is 5.39. The molecule has 1 spiro atoms. The highest BCUT2D eigenvalue weighted by atomic mass is 16.3. The number of benzene rings is 2. The standard InChI is InChI=1S/C28H29N5O2/c29-25-23-10-2-1-7-21(23)16-28(25)11-13-33(14-12-28)27-24(18-34)32-22(17-31-27)9-4-6-19-5-3-8-20(15-19)26(30)35/h1-3,5,7-8,10,15,17,25,34H,6,11-14,16,18,29H2,(H2,30,35). The number of carbonyl (C=O) groups is 1. The van der Waals surface area contributed by atoms with Crippen molar-refractivity contribution in [3.8, 4) is 11.8 Å². The zero-order chi connectivity index (χ0) is 24.4. The minimum Gasteiger partial charge on any atom is -0.390 e. The van der Waals surface area contributed by atoms with Gasteiger partial charge < -0.3 is 21.5 Å². The zero-order valence-electron chi connectivity index (χ0n) is 19.6. The molecule has 7 heteroatoms. The van der Waals surface area contributed by atoms with E-state index in [4.69, 9.17) is 11.5 Å². The maximum Gasteiger partial charge on any atom is 0.248 e. The van der Waals surface area contributed by atoms with Crippen LogP contribution in [0.2, 0.25) is 0 Å². The summed E-state index contributed by atoms with van der Waals surface area (Å²) in [4.78, 5) is 22.7. The van der Waals surface area contributed by atoms with E-state index in [-0.39, 0.29) is 18.1 Å². The molecule has 1 fully saturated rings. The van der Waals surface area contributed by atoms with Crippen LogP contribution in [0.3, 0.4) is 0 Å². The number of rotatable bonds is 4. The van der Waals surface area contributed by atoms with Crippen LogP contribution >= 0.6 is 0 Å². The van der Waals surface area contributed by atoms with E-state index in [2.05, 4.69) is 51.0 Å². The van der Waals surface area contributed by atoms with Crippen molar-refractivity contribution < 1.29 is 9.90 Å². The van der Waals surface area contributed by atoms with E-state index in [1.807, 2.05) is 6.07 Å². The zero-order valence-corrected chi connectivity index (χ0v) is 19.6. The van der Waals surface area contributed by atoms with Crippen LogP contribution < -0.4 is 16.4 Å². The highest BCUT2D eigenvalue weighted by Crippen LogP contribution is 2.50. The molecule has 0 bridgehead atoms. The summed E-state index contributed by atoms with van der Waals surface area (Å²) in [5.41, 5.74) is 17.2. The molecule has 1 amide bonds. The van der Waals surface area contributed by atoms with Crippen molar-refractivity contribution in [3.05, 3.63) is 88.4 Å². The molecule has 2 aromatic carbocycles. The predicted octanol–water partition coefficient (Wildman–Crippen LogP) is 2.50. The van der Waals surface area contributed by atoms with Crippen LogP contribution in [0, 0.1) is 17.3 Å². The maximum absolute atomic E-state index is 11.4. The van der Waals surface area contributed by atoms with Crippen LogP contribution in [0.25, 0.3) is 0 Å². The number of nitrogens with two attached hydrogens (primary N) is 2. The number of aromatic nitrogens is 2. The van der Waals surface area contributed by atoms with Gasteiger partial charge in [-0.2, -0.15) is 0 Å². The molecule has 3 aromatic rings. The number of aliphatic hydroxyl groups is 1. The molecule has 2 heterocycles. The van der Waals surface area contributed by atoms with Gasteiger partial charge in [-0.3, -0.25) is 4.79 Å². The molecule has 1 saturated heterocycles. The first kappa shape index (κ1) is 23.0. The number of amides is 1. The lowest BCUT2D eigenvalue weighted by Crippen LogP contribution is -2.45. The molecule has 1 aromatic heterocycles. The summed E-state index contributed by atoms with van der Waals surface area (Å²) in [5.74, 6) is 6.34. The van der Waals surface area contributed by atoms with Crippen LogP contribution in [0.15, 0.2) is 54.7 Å². The summed E-state index contributed by atoms with van der Waals surface area (Å²) < 4.78 is 0. The molecule has 5 N–H and O–H groups in total. The number of fused-ring (bicyclic) bond motifs is 1. The summed E-state index contributed by atoms with van der Waals surface area (Å²) in [6.07, 6.45) is 5.08. The molecule has 1 aliphatic carbocycles. The van der Waals surface area contributed by atoms with Crippen LogP contribution in [-0.2, 0) is 19.4 Å². The van der Waals surface area contributed by atoms with Gasteiger partial charge in [-0.15, -0.1) is 0 Å². The van der Waals surface area contributed by atoms with Crippen molar-refractivity contribution in [1.82, 2.24) is 9.97 Å². The molecule has 1 aliphatic heterocycles. The molecule has 2 aliphatic rings. The SMILES string of the molecule is NC(=O)c1cccc(CC#Cc2cnc(N3CCC4(CC3)Cc3ccccc3C4N)c(CO)n2)c1. The van der Waals surface area contributed by atoms with Crippen molar-refractivity contribution in [2.45, 2.75) is 38.3 Å². The number of piperidine rings is 1. The lowest BCUT2D eigenvalue weighted by Gasteiger charge is -2.42. The van der Waals surface area contributed by atoms with Crippen molar-refractivity contribution in [3.63, 3.8) is 0 Å². The molecule has 0 radical (unpaired) electrons. The second-order valence-electron chi connectivity index (χ2n) is 9.43. The summed E-state index contributed by atoms with van der Waals surface area (Å²) in [6, 6.07) is 15.7. The third-order valence-electron chi connectivity index (χ3n) is 7.34. The van der Waals surface area contributed by atoms with E-state index in [1.165, 1.54) is 11.1 Å². The number of carbonyl (C=O) groups excluding carboxylic acids is 1. The first-order chi connectivity index (χ1) is 17.0. The Morgan fingerprint density at radius 2 is 1.97 bits per heavy atom. The minimum absolute atomic E-state index is 0.0607. The molecular formula is C28H29N5O2. The monoisotopic (exact) mass is 467 g/mol. The predicted molar refractivity (Wildman–Crippen MR) is 134 cm³/mol. The van der Waals surface area contributed by atoms with Crippen molar-refractivity contribution in [1.29, 1.82) is 0 Å². The number of anilines is 1. The van der Waals surface area contributed by atoms with Gasteiger partial charge in [0.2, 0.25) is 5.91 Å². The third-order valence-corrected chi connectivity index (χ3v) is 7.34. The number of primary amides is 1. The van der Waals surface area contributed by atoms with Crippen LogP contribution in [0.5, 0.6) is 0 Å². The van der Waals surface area contributed by atoms with Crippen LogP contribution in [-0.4, -0.2) is 34.1 Å². The van der Waals surface area contributed by atoms with Crippen LogP contribution in [0.4, 0.5) is 5.82 Å². The normalized spacial score (nSPS) is 18.1. The lowest BCUT2D eigenvalue weighted by atomic mass is 9.73. The Balaban J connectivity index is 1.27. The summed E-state index contributed by atoms with van der Waals surface area (Å²) in [6.45, 7) is 1.44. The van der Waals surface area contributed by atoms with Gasteiger partial charge in [0.25, 0.3) is 0 Å². The van der Waals surface area contributed by atoms with Crippen molar-refractivity contribution in [2.24, 2.45) is 16.9 Å². The van der Waals surface area contributed by atoms with Crippen LogP contribution in [0.1, 0.15) is 57.3 Å². The van der Waals surface area contributed by atoms with E-state index in [1.54, 1.807) is 24.4 Å². The van der Waals surface area contributed by atoms with E-state index in [9.17, 15) is 9.90 Å². The molecule has 35 heavy (non-hydrogen) atoms. The fourth-order valence-electron chi connectivity index (χ4n) is 5.39. The topological polar surface area (TPSA) is 118 Å². The Morgan fingerprint density at radius 1 is 1.17 bits per heavy atom. The molecule has 178 valence electrons. The van der Waals surface area contributed by atoms with E-state index >= 15 is 0 Å². The summed E-state index contributed by atoms with van der Waals surface area (Å²) in [5, 5.41) is 9.98. The van der Waals surface area contributed by atoms with Gasteiger partial charge in [-0.05, 0) is 59.4 Å². The number of hydrogen-bond donors (Lipinski definition) is 3. The molecular weight excluding hydrogens is 438 g/mol. The van der Waals surface area contributed by atoms with Gasteiger partial charge in [0.15, 0.2) is 5.82 Å². The Bertz CT molecular complexity index is 1320. The first-order valence-corrected chi connectivity index (χ1v) is 11.9. The average molecular weight is 468 g/mol. The van der Waals surface area contributed by atoms with E-state index < -0.39 is 5.91 Å². The molecule has 7 nitrogen and oxygen atoms in total. The number of nitrogens with zero attached hydrogens (tertiary/aromatic N) is 3. The highest BCUT2D eigenvalue weighted by molar-refractivity contribution is 5.92. The van der Waals surface area contributed by atoms with Crippen molar-refractivity contribution in [2.75, 3.05) is 18.0 Å². The Hall–Kier alpha value is -3.73. The number of hydrogen-bond acceptors (Lipinski definition) is 6.